The molecule has 2 aliphatic rings. The van der Waals surface area contributed by atoms with Crippen molar-refractivity contribution in [1.82, 2.24) is 14.9 Å². The van der Waals surface area contributed by atoms with Crippen LogP contribution in [0.25, 0.3) is 5.69 Å². The van der Waals surface area contributed by atoms with Crippen LogP contribution in [0.3, 0.4) is 0 Å². The molecule has 1 aliphatic heterocycles. The summed E-state index contributed by atoms with van der Waals surface area (Å²) >= 11 is 5.87. The second kappa shape index (κ2) is 9.74. The molecule has 2 atom stereocenters. The number of pyridine rings is 1. The zero-order valence-corrected chi connectivity index (χ0v) is 20.6. The molecule has 0 bridgehead atoms. The Balaban J connectivity index is 1.40. The SMILES string of the molecule is Fc1cccc(-n2cccc2[C@@H]2[C@H](c3ccccn3)NC(=S)N2c2ccc(OC3CCCC3)cc2)c1. The smallest absolute Gasteiger partial charge is 0.174 e. The number of benzene rings is 2. The number of hydrogen-bond acceptors (Lipinski definition) is 3. The molecule has 5 nitrogen and oxygen atoms in total. The Morgan fingerprint density at radius 2 is 1.75 bits per heavy atom. The number of nitrogens with zero attached hydrogens (tertiary/aromatic N) is 3. The molecular formula is C29H27FN4OS. The summed E-state index contributed by atoms with van der Waals surface area (Å²) in [5.41, 5.74) is 3.59. The molecule has 4 aromatic rings. The second-order valence-electron chi connectivity index (χ2n) is 9.30. The van der Waals surface area contributed by atoms with Gasteiger partial charge in [-0.1, -0.05) is 12.1 Å². The molecule has 3 heterocycles. The van der Waals surface area contributed by atoms with Crippen LogP contribution < -0.4 is 15.0 Å². The van der Waals surface area contributed by atoms with E-state index in [1.807, 2.05) is 53.2 Å². The van der Waals surface area contributed by atoms with Gasteiger partial charge in [0.1, 0.15) is 17.6 Å². The van der Waals surface area contributed by atoms with Gasteiger partial charge in [-0.25, -0.2) is 4.39 Å². The van der Waals surface area contributed by atoms with Gasteiger partial charge in [0.15, 0.2) is 5.11 Å². The second-order valence-corrected chi connectivity index (χ2v) is 9.68. The van der Waals surface area contributed by atoms with Gasteiger partial charge in [0.2, 0.25) is 0 Å². The van der Waals surface area contributed by atoms with Crippen LogP contribution in [0.2, 0.25) is 0 Å². The molecule has 0 unspecified atom stereocenters. The van der Waals surface area contributed by atoms with Crippen LogP contribution in [0.4, 0.5) is 10.1 Å². The van der Waals surface area contributed by atoms with Crippen LogP contribution in [0.15, 0.2) is 91.3 Å². The number of rotatable bonds is 6. The number of nitrogens with one attached hydrogen (secondary N) is 1. The van der Waals surface area contributed by atoms with Gasteiger partial charge in [-0.05, 0) is 105 Å². The molecule has 6 rings (SSSR count). The lowest BCUT2D eigenvalue weighted by Crippen LogP contribution is -2.30. The van der Waals surface area contributed by atoms with Crippen molar-refractivity contribution in [3.05, 3.63) is 108 Å². The highest BCUT2D eigenvalue weighted by atomic mass is 32.1. The van der Waals surface area contributed by atoms with Gasteiger partial charge in [-0.2, -0.15) is 0 Å². The van der Waals surface area contributed by atoms with E-state index in [2.05, 4.69) is 33.4 Å². The molecule has 7 heteroatoms. The van der Waals surface area contributed by atoms with E-state index in [-0.39, 0.29) is 17.9 Å². The van der Waals surface area contributed by atoms with E-state index in [0.717, 1.165) is 41.4 Å². The van der Waals surface area contributed by atoms with Gasteiger partial charge in [0.05, 0.1) is 17.8 Å². The molecule has 182 valence electrons. The number of thiocarbonyl (C=S) groups is 1. The Hall–Kier alpha value is -3.71. The molecule has 1 N–H and O–H groups in total. The zero-order chi connectivity index (χ0) is 24.5. The van der Waals surface area contributed by atoms with Crippen LogP contribution in [0, 0.1) is 5.82 Å². The normalized spacial score (nSPS) is 20.0. The molecule has 0 radical (unpaired) electrons. The molecule has 2 aromatic carbocycles. The van der Waals surface area contributed by atoms with Crippen molar-refractivity contribution in [2.24, 2.45) is 0 Å². The molecule has 0 spiro atoms. The van der Waals surface area contributed by atoms with Crippen LogP contribution in [-0.4, -0.2) is 20.8 Å². The minimum Gasteiger partial charge on any atom is -0.490 e. The molecule has 2 fully saturated rings. The molecule has 1 saturated heterocycles. The third kappa shape index (κ3) is 4.35. The van der Waals surface area contributed by atoms with Crippen molar-refractivity contribution in [2.45, 2.75) is 43.9 Å². The molecular weight excluding hydrogens is 471 g/mol. The number of aromatic nitrogens is 2. The van der Waals surface area contributed by atoms with Crippen molar-refractivity contribution in [3.63, 3.8) is 0 Å². The van der Waals surface area contributed by atoms with Gasteiger partial charge in [-0.15, -0.1) is 0 Å². The summed E-state index contributed by atoms with van der Waals surface area (Å²) in [6.45, 7) is 0. The molecule has 0 amide bonds. The Morgan fingerprint density at radius 3 is 2.50 bits per heavy atom. The topological polar surface area (TPSA) is 42.3 Å². The van der Waals surface area contributed by atoms with Crippen molar-refractivity contribution in [3.8, 4) is 11.4 Å². The van der Waals surface area contributed by atoms with Gasteiger partial charge in [0, 0.05) is 29.5 Å². The maximum atomic E-state index is 14.1. The Kier molecular flexibility index (Phi) is 6.15. The van der Waals surface area contributed by atoms with Crippen LogP contribution in [0.5, 0.6) is 5.75 Å². The highest BCUT2D eigenvalue weighted by Gasteiger charge is 2.42. The average Bonchev–Trinajstić information content (AvgIpc) is 3.65. The summed E-state index contributed by atoms with van der Waals surface area (Å²) in [7, 11) is 0. The summed E-state index contributed by atoms with van der Waals surface area (Å²) < 4.78 is 22.3. The quantitative estimate of drug-likeness (QED) is 0.307. The number of ether oxygens (including phenoxy) is 1. The summed E-state index contributed by atoms with van der Waals surface area (Å²) in [6, 6.07) is 24.3. The first-order valence-electron chi connectivity index (χ1n) is 12.4. The van der Waals surface area contributed by atoms with Crippen LogP contribution in [0.1, 0.15) is 49.2 Å². The third-order valence-corrected chi connectivity index (χ3v) is 7.30. The monoisotopic (exact) mass is 498 g/mol. The number of halogens is 1. The van der Waals surface area contributed by atoms with Crippen LogP contribution in [-0.2, 0) is 0 Å². The molecule has 1 aliphatic carbocycles. The first-order valence-corrected chi connectivity index (χ1v) is 12.8. The first-order chi connectivity index (χ1) is 17.7. The summed E-state index contributed by atoms with van der Waals surface area (Å²) in [4.78, 5) is 6.76. The number of anilines is 1. The number of hydrogen-bond donors (Lipinski definition) is 1. The Bertz CT molecular complexity index is 1350. The summed E-state index contributed by atoms with van der Waals surface area (Å²) in [5, 5.41) is 4.11. The van der Waals surface area contributed by atoms with E-state index in [4.69, 9.17) is 17.0 Å². The minimum atomic E-state index is -0.275. The average molecular weight is 499 g/mol. The van der Waals surface area contributed by atoms with Gasteiger partial charge >= 0.3 is 0 Å². The fourth-order valence-corrected chi connectivity index (χ4v) is 5.66. The van der Waals surface area contributed by atoms with E-state index in [0.29, 0.717) is 11.2 Å². The predicted octanol–water partition coefficient (Wildman–Crippen LogP) is 6.51. The van der Waals surface area contributed by atoms with Crippen molar-refractivity contribution < 1.29 is 9.13 Å². The highest BCUT2D eigenvalue weighted by molar-refractivity contribution is 7.80. The fourth-order valence-electron chi connectivity index (χ4n) is 5.31. The van der Waals surface area contributed by atoms with E-state index in [1.165, 1.54) is 18.9 Å². The lowest BCUT2D eigenvalue weighted by atomic mass is 10.0. The third-order valence-electron chi connectivity index (χ3n) is 6.99. The highest BCUT2D eigenvalue weighted by Crippen LogP contribution is 2.42. The maximum absolute atomic E-state index is 14.1. The predicted molar refractivity (Wildman–Crippen MR) is 143 cm³/mol. The minimum absolute atomic E-state index is 0.185. The largest absolute Gasteiger partial charge is 0.490 e. The molecule has 2 aromatic heterocycles. The first kappa shape index (κ1) is 22.7. The molecule has 36 heavy (non-hydrogen) atoms. The van der Waals surface area contributed by atoms with Crippen molar-refractivity contribution >= 4 is 23.0 Å². The Morgan fingerprint density at radius 1 is 0.917 bits per heavy atom. The lowest BCUT2D eigenvalue weighted by molar-refractivity contribution is 0.210. The molecule has 1 saturated carbocycles. The van der Waals surface area contributed by atoms with Gasteiger partial charge in [0.25, 0.3) is 0 Å². The standard InChI is InChI=1S/C29H27FN4OS/c30-20-7-5-8-22(19-20)33-18-6-12-26(33)28-27(25-11-3-4-17-31-25)32-29(36)34(28)21-13-15-24(16-14-21)35-23-9-1-2-10-23/h3-8,11-19,23,27-28H,1-2,9-10H2,(H,32,36)/t27-,28+/m0/s1. The van der Waals surface area contributed by atoms with E-state index in [9.17, 15) is 4.39 Å². The van der Waals surface area contributed by atoms with Gasteiger partial charge < -0.3 is 19.5 Å². The van der Waals surface area contributed by atoms with E-state index in [1.54, 1.807) is 18.3 Å². The zero-order valence-electron chi connectivity index (χ0n) is 19.8. The lowest BCUT2D eigenvalue weighted by Gasteiger charge is -2.29. The maximum Gasteiger partial charge on any atom is 0.174 e. The van der Waals surface area contributed by atoms with Gasteiger partial charge in [-0.3, -0.25) is 4.98 Å². The Labute approximate surface area is 215 Å². The summed E-state index contributed by atoms with van der Waals surface area (Å²) in [6.07, 6.45) is 8.76. The van der Waals surface area contributed by atoms with E-state index < -0.39 is 0 Å². The summed E-state index contributed by atoms with van der Waals surface area (Å²) in [5.74, 6) is 0.605. The van der Waals surface area contributed by atoms with Crippen LogP contribution >= 0.6 is 12.2 Å². The van der Waals surface area contributed by atoms with Crippen molar-refractivity contribution in [1.29, 1.82) is 0 Å². The van der Waals surface area contributed by atoms with E-state index >= 15 is 0 Å². The van der Waals surface area contributed by atoms with Crippen molar-refractivity contribution in [2.75, 3.05) is 4.90 Å². The fraction of sp³-hybridized carbons (Fsp3) is 0.241.